The van der Waals surface area contributed by atoms with E-state index in [2.05, 4.69) is 0 Å². The normalized spacial score (nSPS) is 18.8. The standard InChI is InChI=1S/C13H15FO4/c14-12-8-10(3-4-11(12)13(15)16)18-7-5-9-2-1-6-17-9/h3-4,8-9H,1-2,5-7H2,(H,15,16). The third-order valence-corrected chi connectivity index (χ3v) is 2.90. The highest BCUT2D eigenvalue weighted by Gasteiger charge is 2.15. The van der Waals surface area contributed by atoms with Gasteiger partial charge in [0, 0.05) is 19.1 Å². The number of halogens is 1. The van der Waals surface area contributed by atoms with Gasteiger partial charge in [-0.2, -0.15) is 0 Å². The van der Waals surface area contributed by atoms with Crippen LogP contribution < -0.4 is 4.74 Å². The Labute approximate surface area is 104 Å². The summed E-state index contributed by atoms with van der Waals surface area (Å²) in [6.45, 7) is 1.24. The molecule has 2 rings (SSSR count). The summed E-state index contributed by atoms with van der Waals surface area (Å²) in [5, 5.41) is 8.68. The van der Waals surface area contributed by atoms with E-state index >= 15 is 0 Å². The Kier molecular flexibility index (Phi) is 4.15. The number of carboxylic acids is 1. The van der Waals surface area contributed by atoms with Crippen molar-refractivity contribution in [3.63, 3.8) is 0 Å². The average molecular weight is 254 g/mol. The second kappa shape index (κ2) is 5.82. The maximum atomic E-state index is 13.3. The molecule has 1 aromatic carbocycles. The lowest BCUT2D eigenvalue weighted by Gasteiger charge is -2.11. The van der Waals surface area contributed by atoms with Crippen LogP contribution in [0.15, 0.2) is 18.2 Å². The molecule has 1 heterocycles. The third kappa shape index (κ3) is 3.20. The summed E-state index contributed by atoms with van der Waals surface area (Å²) in [7, 11) is 0. The van der Waals surface area contributed by atoms with Crippen LogP contribution in [-0.4, -0.2) is 30.4 Å². The van der Waals surface area contributed by atoms with E-state index in [-0.39, 0.29) is 11.7 Å². The second-order valence-corrected chi connectivity index (χ2v) is 4.22. The zero-order valence-electron chi connectivity index (χ0n) is 9.89. The second-order valence-electron chi connectivity index (χ2n) is 4.22. The SMILES string of the molecule is O=C(O)c1ccc(OCCC2CCCO2)cc1F. The van der Waals surface area contributed by atoms with Crippen molar-refractivity contribution in [3.05, 3.63) is 29.6 Å². The van der Waals surface area contributed by atoms with Gasteiger partial charge in [-0.1, -0.05) is 0 Å². The highest BCUT2D eigenvalue weighted by Crippen LogP contribution is 2.19. The van der Waals surface area contributed by atoms with Crippen LogP contribution in [0.5, 0.6) is 5.75 Å². The molecule has 1 N–H and O–H groups in total. The summed E-state index contributed by atoms with van der Waals surface area (Å²) >= 11 is 0. The van der Waals surface area contributed by atoms with E-state index < -0.39 is 11.8 Å². The van der Waals surface area contributed by atoms with Gasteiger partial charge in [-0.15, -0.1) is 0 Å². The molecule has 1 atom stereocenters. The van der Waals surface area contributed by atoms with E-state index in [1.807, 2.05) is 0 Å². The van der Waals surface area contributed by atoms with Crippen molar-refractivity contribution < 1.29 is 23.8 Å². The van der Waals surface area contributed by atoms with Crippen LogP contribution in [0.4, 0.5) is 4.39 Å². The lowest BCUT2D eigenvalue weighted by Crippen LogP contribution is -2.11. The smallest absolute Gasteiger partial charge is 0.338 e. The molecule has 0 amide bonds. The number of aromatic carboxylic acids is 1. The van der Waals surface area contributed by atoms with E-state index in [4.69, 9.17) is 14.6 Å². The monoisotopic (exact) mass is 254 g/mol. The quantitative estimate of drug-likeness (QED) is 0.877. The van der Waals surface area contributed by atoms with Gasteiger partial charge in [0.2, 0.25) is 0 Å². The number of ether oxygens (including phenoxy) is 2. The van der Waals surface area contributed by atoms with Crippen molar-refractivity contribution in [1.29, 1.82) is 0 Å². The molecule has 1 aromatic rings. The zero-order chi connectivity index (χ0) is 13.0. The van der Waals surface area contributed by atoms with Crippen LogP contribution in [0, 0.1) is 5.82 Å². The van der Waals surface area contributed by atoms with Gasteiger partial charge in [0.25, 0.3) is 0 Å². The van der Waals surface area contributed by atoms with Gasteiger partial charge in [0.15, 0.2) is 0 Å². The molecule has 1 fully saturated rings. The number of carboxylic acid groups (broad SMARTS) is 1. The lowest BCUT2D eigenvalue weighted by atomic mass is 10.2. The molecule has 0 aliphatic carbocycles. The van der Waals surface area contributed by atoms with Crippen molar-refractivity contribution in [1.82, 2.24) is 0 Å². The van der Waals surface area contributed by atoms with Crippen LogP contribution in [0.2, 0.25) is 0 Å². The first-order chi connectivity index (χ1) is 8.66. The highest BCUT2D eigenvalue weighted by molar-refractivity contribution is 5.88. The molecule has 0 spiro atoms. The van der Waals surface area contributed by atoms with Gasteiger partial charge in [0.05, 0.1) is 18.3 Å². The minimum absolute atomic E-state index is 0.230. The molecule has 0 saturated carbocycles. The summed E-state index contributed by atoms with van der Waals surface area (Å²) in [5.74, 6) is -1.72. The summed E-state index contributed by atoms with van der Waals surface area (Å²) < 4.78 is 24.1. The first-order valence-electron chi connectivity index (χ1n) is 5.94. The van der Waals surface area contributed by atoms with Gasteiger partial charge < -0.3 is 14.6 Å². The van der Waals surface area contributed by atoms with Crippen LogP contribution in [0.25, 0.3) is 0 Å². The fourth-order valence-electron chi connectivity index (χ4n) is 1.94. The molecule has 98 valence electrons. The van der Waals surface area contributed by atoms with Gasteiger partial charge >= 0.3 is 5.97 Å². The van der Waals surface area contributed by atoms with Crippen molar-refractivity contribution >= 4 is 5.97 Å². The Morgan fingerprint density at radius 1 is 1.56 bits per heavy atom. The summed E-state index contributed by atoms with van der Waals surface area (Å²) in [5.41, 5.74) is -0.346. The number of hydrogen-bond acceptors (Lipinski definition) is 3. The fourth-order valence-corrected chi connectivity index (χ4v) is 1.94. The van der Waals surface area contributed by atoms with E-state index in [1.54, 1.807) is 0 Å². The van der Waals surface area contributed by atoms with Crippen LogP contribution in [0.1, 0.15) is 29.6 Å². The molecule has 4 nitrogen and oxygen atoms in total. The molecular formula is C13H15FO4. The van der Waals surface area contributed by atoms with Crippen molar-refractivity contribution in [3.8, 4) is 5.75 Å². The Hall–Kier alpha value is -1.62. The number of rotatable bonds is 5. The minimum Gasteiger partial charge on any atom is -0.493 e. The maximum absolute atomic E-state index is 13.3. The summed E-state index contributed by atoms with van der Waals surface area (Å²) in [6, 6.07) is 3.76. The predicted molar refractivity (Wildman–Crippen MR) is 62.4 cm³/mol. The predicted octanol–water partition coefficient (Wildman–Crippen LogP) is 2.47. The molecule has 0 bridgehead atoms. The van der Waals surface area contributed by atoms with Gasteiger partial charge in [-0.25, -0.2) is 9.18 Å². The van der Waals surface area contributed by atoms with Crippen molar-refractivity contribution in [2.75, 3.05) is 13.2 Å². The first kappa shape index (κ1) is 12.8. The summed E-state index contributed by atoms with van der Waals surface area (Å²) in [4.78, 5) is 10.6. The molecule has 0 radical (unpaired) electrons. The van der Waals surface area contributed by atoms with Crippen LogP contribution in [-0.2, 0) is 4.74 Å². The van der Waals surface area contributed by atoms with E-state index in [9.17, 15) is 9.18 Å². The van der Waals surface area contributed by atoms with Crippen molar-refractivity contribution in [2.45, 2.75) is 25.4 Å². The molecule has 5 heteroatoms. The Morgan fingerprint density at radius 3 is 3.00 bits per heavy atom. The number of benzene rings is 1. The molecule has 1 aliphatic heterocycles. The molecule has 1 saturated heterocycles. The topological polar surface area (TPSA) is 55.8 Å². The Morgan fingerprint density at radius 2 is 2.39 bits per heavy atom. The third-order valence-electron chi connectivity index (χ3n) is 2.90. The first-order valence-corrected chi connectivity index (χ1v) is 5.94. The molecule has 1 unspecified atom stereocenters. The Balaban J connectivity index is 1.85. The van der Waals surface area contributed by atoms with E-state index in [0.29, 0.717) is 12.4 Å². The van der Waals surface area contributed by atoms with Gasteiger partial charge in [-0.3, -0.25) is 0 Å². The van der Waals surface area contributed by atoms with E-state index in [0.717, 1.165) is 31.9 Å². The highest BCUT2D eigenvalue weighted by atomic mass is 19.1. The number of carbonyl (C=O) groups is 1. The van der Waals surface area contributed by atoms with Gasteiger partial charge in [-0.05, 0) is 25.0 Å². The molecule has 1 aliphatic rings. The van der Waals surface area contributed by atoms with Crippen LogP contribution >= 0.6 is 0 Å². The minimum atomic E-state index is -1.28. The van der Waals surface area contributed by atoms with Crippen LogP contribution in [0.3, 0.4) is 0 Å². The van der Waals surface area contributed by atoms with Gasteiger partial charge in [0.1, 0.15) is 11.6 Å². The Bertz CT molecular complexity index is 427. The molecular weight excluding hydrogens is 239 g/mol. The lowest BCUT2D eigenvalue weighted by molar-refractivity contribution is 0.0692. The maximum Gasteiger partial charge on any atom is 0.338 e. The molecule has 18 heavy (non-hydrogen) atoms. The van der Waals surface area contributed by atoms with Crippen molar-refractivity contribution in [2.24, 2.45) is 0 Å². The zero-order valence-corrected chi connectivity index (χ0v) is 9.89. The fraction of sp³-hybridized carbons (Fsp3) is 0.462. The number of hydrogen-bond donors (Lipinski definition) is 1. The molecule has 0 aromatic heterocycles. The average Bonchev–Trinajstić information content (AvgIpc) is 2.81. The largest absolute Gasteiger partial charge is 0.493 e. The summed E-state index contributed by atoms with van der Waals surface area (Å²) in [6.07, 6.45) is 3.11. The van der Waals surface area contributed by atoms with E-state index in [1.165, 1.54) is 12.1 Å².